The van der Waals surface area contributed by atoms with Crippen molar-refractivity contribution in [3.05, 3.63) is 81.0 Å². The van der Waals surface area contributed by atoms with Gasteiger partial charge >= 0.3 is 5.97 Å². The van der Waals surface area contributed by atoms with E-state index in [1.165, 1.54) is 13.2 Å². The molecule has 1 unspecified atom stereocenters. The zero-order valence-corrected chi connectivity index (χ0v) is 25.8. The van der Waals surface area contributed by atoms with E-state index in [4.69, 9.17) is 52.1 Å². The van der Waals surface area contributed by atoms with Gasteiger partial charge in [0.1, 0.15) is 29.5 Å². The van der Waals surface area contributed by atoms with Crippen molar-refractivity contribution in [2.45, 2.75) is 38.1 Å². The Labute approximate surface area is 263 Å². The van der Waals surface area contributed by atoms with Gasteiger partial charge in [0.2, 0.25) is 5.88 Å². The molecule has 0 radical (unpaired) electrons. The number of fused-ring (bicyclic) bond motifs is 2. The van der Waals surface area contributed by atoms with Gasteiger partial charge in [-0.25, -0.2) is 19.2 Å². The predicted molar refractivity (Wildman–Crippen MR) is 162 cm³/mol. The van der Waals surface area contributed by atoms with E-state index in [0.717, 1.165) is 43.2 Å². The first kappa shape index (κ1) is 29.3. The van der Waals surface area contributed by atoms with Crippen molar-refractivity contribution in [1.29, 1.82) is 0 Å². The lowest BCUT2D eigenvalue weighted by atomic mass is 10.1. The maximum absolute atomic E-state index is 14.2. The lowest BCUT2D eigenvalue weighted by molar-refractivity contribution is -0.0591. The SMILES string of the molecule is COC(=O)c1cc(OC)c2nc(CN3C[C@@H]4C(c5nc(OCc6ccc(Cl)cc6F)ccc5Cl)[C@@H]4C3)n(C[C@@H]3CCO3)c2c1. The number of imidazole rings is 1. The molecule has 2 saturated heterocycles. The number of carbonyl (C=O) groups is 1. The van der Waals surface area contributed by atoms with Crippen molar-refractivity contribution < 1.29 is 28.1 Å². The molecule has 0 spiro atoms. The molecule has 0 N–H and O–H groups in total. The predicted octanol–water partition coefficient (Wildman–Crippen LogP) is 5.89. The Morgan fingerprint density at radius 2 is 1.89 bits per heavy atom. The standard InChI is InChI=1S/C32H31Cl2FN4O5/c1-41-26-10-18(32(40)42-2)9-25-31(26)36-27(39(25)12-20-7-8-43-20)15-38-13-21-22(14-38)29(21)30-23(34)5-6-28(37-30)44-16-17-3-4-19(33)11-24(17)35/h3-6,9-11,20-22,29H,7-8,12-16H2,1-2H3/t20-,21-,22+,29?/m0/s1. The molecule has 12 heteroatoms. The topological polar surface area (TPSA) is 87.9 Å². The molecule has 7 rings (SSSR count). The number of hydrogen-bond donors (Lipinski definition) is 0. The van der Waals surface area contributed by atoms with E-state index < -0.39 is 11.8 Å². The van der Waals surface area contributed by atoms with Crippen LogP contribution in [-0.4, -0.2) is 65.4 Å². The summed E-state index contributed by atoms with van der Waals surface area (Å²) >= 11 is 12.5. The number of aromatic nitrogens is 3. The summed E-state index contributed by atoms with van der Waals surface area (Å²) in [5.41, 5.74) is 3.18. The molecule has 0 amide bonds. The van der Waals surface area contributed by atoms with Crippen LogP contribution in [0.25, 0.3) is 11.0 Å². The third kappa shape index (κ3) is 5.49. The molecular formula is C32H31Cl2FN4O5. The fourth-order valence-electron chi connectivity index (χ4n) is 6.48. The molecule has 44 heavy (non-hydrogen) atoms. The van der Waals surface area contributed by atoms with E-state index >= 15 is 0 Å². The summed E-state index contributed by atoms with van der Waals surface area (Å²) in [7, 11) is 2.94. The fraction of sp³-hybridized carbons (Fsp3) is 0.406. The first-order valence-corrected chi connectivity index (χ1v) is 15.3. The Bertz CT molecular complexity index is 1730. The molecule has 1 aliphatic carbocycles. The summed E-state index contributed by atoms with van der Waals surface area (Å²) in [6.07, 6.45) is 1.09. The molecular weight excluding hydrogens is 610 g/mol. The second-order valence-electron chi connectivity index (χ2n) is 11.5. The van der Waals surface area contributed by atoms with Crippen molar-refractivity contribution in [2.24, 2.45) is 11.8 Å². The van der Waals surface area contributed by atoms with Crippen LogP contribution in [-0.2, 0) is 29.2 Å². The van der Waals surface area contributed by atoms with Crippen LogP contribution in [0.2, 0.25) is 10.0 Å². The van der Waals surface area contributed by atoms with E-state index in [-0.39, 0.29) is 18.6 Å². The molecule has 4 aromatic rings. The summed E-state index contributed by atoms with van der Waals surface area (Å²) in [5.74, 6) is 2.06. The minimum Gasteiger partial charge on any atom is -0.494 e. The largest absolute Gasteiger partial charge is 0.494 e. The molecule has 4 heterocycles. The number of carbonyl (C=O) groups excluding carboxylic acids is 1. The summed E-state index contributed by atoms with van der Waals surface area (Å²) in [5, 5.41) is 0.946. The number of piperidine rings is 1. The van der Waals surface area contributed by atoms with Gasteiger partial charge in [-0.3, -0.25) is 4.90 Å². The van der Waals surface area contributed by atoms with E-state index in [0.29, 0.717) is 63.2 Å². The third-order valence-electron chi connectivity index (χ3n) is 8.91. The van der Waals surface area contributed by atoms with Crippen LogP contribution in [0, 0.1) is 17.7 Å². The molecule has 230 valence electrons. The Kier molecular flexibility index (Phi) is 7.86. The van der Waals surface area contributed by atoms with Crippen LogP contribution in [0.15, 0.2) is 42.5 Å². The van der Waals surface area contributed by atoms with Crippen molar-refractivity contribution in [3.8, 4) is 11.6 Å². The van der Waals surface area contributed by atoms with Crippen LogP contribution in [0.3, 0.4) is 0 Å². The van der Waals surface area contributed by atoms with Crippen molar-refractivity contribution in [3.63, 3.8) is 0 Å². The highest BCUT2D eigenvalue weighted by atomic mass is 35.5. The molecule has 3 aliphatic rings. The van der Waals surface area contributed by atoms with Crippen molar-refractivity contribution in [2.75, 3.05) is 33.9 Å². The highest BCUT2D eigenvalue weighted by Crippen LogP contribution is 2.59. The minimum atomic E-state index is -0.427. The van der Waals surface area contributed by atoms with Gasteiger partial charge in [0, 0.05) is 42.3 Å². The van der Waals surface area contributed by atoms with Gasteiger partial charge in [-0.2, -0.15) is 0 Å². The van der Waals surface area contributed by atoms with E-state index in [1.54, 1.807) is 37.4 Å². The molecule has 4 atom stereocenters. The second-order valence-corrected chi connectivity index (χ2v) is 12.4. The summed E-state index contributed by atoms with van der Waals surface area (Å²) in [6, 6.07) is 11.5. The average Bonchev–Trinajstić information content (AvgIpc) is 3.30. The average molecular weight is 642 g/mol. The van der Waals surface area contributed by atoms with Crippen LogP contribution in [0.5, 0.6) is 11.6 Å². The maximum atomic E-state index is 14.2. The van der Waals surface area contributed by atoms with Crippen LogP contribution >= 0.6 is 23.2 Å². The van der Waals surface area contributed by atoms with Gasteiger partial charge in [-0.05, 0) is 48.6 Å². The van der Waals surface area contributed by atoms with E-state index in [2.05, 4.69) is 9.47 Å². The molecule has 2 aromatic heterocycles. The molecule has 3 fully saturated rings. The number of likely N-dealkylation sites (tertiary alicyclic amines) is 1. The monoisotopic (exact) mass is 640 g/mol. The van der Waals surface area contributed by atoms with Gasteiger partial charge in [0.25, 0.3) is 0 Å². The van der Waals surface area contributed by atoms with Gasteiger partial charge < -0.3 is 23.5 Å². The van der Waals surface area contributed by atoms with Crippen LogP contribution in [0.1, 0.15) is 39.8 Å². The highest BCUT2D eigenvalue weighted by molar-refractivity contribution is 6.31. The van der Waals surface area contributed by atoms with Gasteiger partial charge in [-0.15, -0.1) is 0 Å². The number of pyridine rings is 1. The molecule has 2 aliphatic heterocycles. The molecule has 1 saturated carbocycles. The van der Waals surface area contributed by atoms with Gasteiger partial charge in [0.05, 0.1) is 55.2 Å². The maximum Gasteiger partial charge on any atom is 0.338 e. The highest BCUT2D eigenvalue weighted by Gasteiger charge is 2.57. The number of hydrogen-bond acceptors (Lipinski definition) is 8. The number of rotatable bonds is 10. The Balaban J connectivity index is 1.07. The normalized spacial score (nSPS) is 22.5. The lowest BCUT2D eigenvalue weighted by Crippen LogP contribution is -2.33. The van der Waals surface area contributed by atoms with Crippen molar-refractivity contribution >= 4 is 40.2 Å². The number of benzene rings is 2. The number of halogens is 3. The number of nitrogens with zero attached hydrogens (tertiary/aromatic N) is 4. The zero-order chi connectivity index (χ0) is 30.5. The summed E-state index contributed by atoms with van der Waals surface area (Å²) in [4.78, 5) is 24.5. The van der Waals surface area contributed by atoms with Gasteiger partial charge in [-0.1, -0.05) is 29.3 Å². The first-order chi connectivity index (χ1) is 21.3. The summed E-state index contributed by atoms with van der Waals surface area (Å²) in [6.45, 7) is 3.84. The van der Waals surface area contributed by atoms with Crippen molar-refractivity contribution in [1.82, 2.24) is 19.4 Å². The summed E-state index contributed by atoms with van der Waals surface area (Å²) < 4.78 is 38.5. The minimum absolute atomic E-state index is 0.0428. The molecule has 9 nitrogen and oxygen atoms in total. The van der Waals surface area contributed by atoms with Gasteiger partial charge in [0.15, 0.2) is 0 Å². The van der Waals surface area contributed by atoms with Crippen LogP contribution in [0.4, 0.5) is 4.39 Å². The van der Waals surface area contributed by atoms with E-state index in [9.17, 15) is 9.18 Å². The first-order valence-electron chi connectivity index (χ1n) is 14.6. The van der Waals surface area contributed by atoms with E-state index in [1.807, 2.05) is 6.07 Å². The Hall–Kier alpha value is -3.44. The number of methoxy groups -OCH3 is 2. The number of ether oxygens (including phenoxy) is 4. The second kappa shape index (κ2) is 11.8. The molecule has 0 bridgehead atoms. The third-order valence-corrected chi connectivity index (χ3v) is 9.46. The fourth-order valence-corrected chi connectivity index (χ4v) is 6.87. The number of esters is 1. The Morgan fingerprint density at radius 3 is 2.57 bits per heavy atom. The smallest absolute Gasteiger partial charge is 0.338 e. The molecule has 2 aromatic carbocycles. The quantitative estimate of drug-likeness (QED) is 0.198. The lowest BCUT2D eigenvalue weighted by Gasteiger charge is -2.28. The zero-order valence-electron chi connectivity index (χ0n) is 24.3. The van der Waals surface area contributed by atoms with Crippen LogP contribution < -0.4 is 9.47 Å². The Morgan fingerprint density at radius 1 is 1.09 bits per heavy atom.